The second-order valence-corrected chi connectivity index (χ2v) is 32.7. The first-order valence-electron chi connectivity index (χ1n) is 36.7. The van der Waals surface area contributed by atoms with Gasteiger partial charge in [-0.25, -0.2) is 14.4 Å². The highest BCUT2D eigenvalue weighted by Crippen LogP contribution is 2.57. The summed E-state index contributed by atoms with van der Waals surface area (Å²) in [6.45, 7) is 14.0. The van der Waals surface area contributed by atoms with E-state index in [1.54, 1.807) is 64.2 Å². The lowest BCUT2D eigenvalue weighted by Gasteiger charge is -2.50. The topological polar surface area (TPSA) is 458 Å². The van der Waals surface area contributed by atoms with E-state index in [1.807, 2.05) is 41.5 Å². The number of likely N-dealkylation sites (N-methyl/N-ethyl adjacent to an activating group) is 2. The summed E-state index contributed by atoms with van der Waals surface area (Å²) in [5.74, 6) is -16.2. The molecule has 0 aliphatic heterocycles. The summed E-state index contributed by atoms with van der Waals surface area (Å²) >= 11 is 0. The van der Waals surface area contributed by atoms with Gasteiger partial charge in [-0.1, -0.05) is 99.8 Å². The number of benzene rings is 2. The van der Waals surface area contributed by atoms with Gasteiger partial charge in [0.2, 0.25) is 18.4 Å². The van der Waals surface area contributed by atoms with Crippen molar-refractivity contribution in [2.24, 2.45) is 46.0 Å². The average Bonchev–Trinajstić information content (AvgIpc) is 0.718. The van der Waals surface area contributed by atoms with Crippen molar-refractivity contribution in [3.63, 3.8) is 0 Å². The van der Waals surface area contributed by atoms with Crippen molar-refractivity contribution < 1.29 is 107 Å². The molecule has 8 atom stereocenters. The summed E-state index contributed by atoms with van der Waals surface area (Å²) in [5.41, 5.74) is 4.35. The van der Waals surface area contributed by atoms with E-state index in [2.05, 4.69) is 6.92 Å². The number of hydrogen-bond donors (Lipinski definition) is 10. The minimum atomic E-state index is -2.78. The van der Waals surface area contributed by atoms with Crippen LogP contribution in [0.5, 0.6) is 11.5 Å². The number of esters is 1. The number of nitrogens with zero attached hydrogens (tertiary/aromatic N) is 6. The highest BCUT2D eigenvalue weighted by atomic mass is 16.7. The number of rotatable bonds is 26. The Bertz CT molecular complexity index is 4290. The summed E-state index contributed by atoms with van der Waals surface area (Å²) in [6.07, 6.45) is 8.66. The van der Waals surface area contributed by atoms with E-state index in [-0.39, 0.29) is 103 Å². The zero-order valence-corrected chi connectivity index (χ0v) is 65.3. The Morgan fingerprint density at radius 3 is 1.29 bits per heavy atom. The molecule has 31 heteroatoms. The third-order valence-electron chi connectivity index (χ3n) is 21.1. The normalized spacial score (nSPS) is 22.4. The Morgan fingerprint density at radius 1 is 0.560 bits per heavy atom. The number of carbonyl (C=O) groups excluding carboxylic acids is 9. The molecule has 1 heterocycles. The number of phenols is 2. The number of hydrogen-bond acceptors (Lipinski definition) is 27. The molecule has 4 amide bonds. The van der Waals surface area contributed by atoms with Crippen molar-refractivity contribution in [1.82, 2.24) is 19.6 Å². The summed E-state index contributed by atoms with van der Waals surface area (Å²) in [5, 5.41) is 93.7. The lowest BCUT2D eigenvalue weighted by atomic mass is 9.57. The molecule has 0 unspecified atom stereocenters. The summed E-state index contributed by atoms with van der Waals surface area (Å²) in [4.78, 5) is 140. The summed E-state index contributed by atoms with van der Waals surface area (Å²) in [7, 11) is 13.2. The smallest absolute Gasteiger partial charge is 0.508 e. The van der Waals surface area contributed by atoms with Gasteiger partial charge in [0.05, 0.1) is 36.3 Å². The Kier molecular flexibility index (Phi) is 25.9. The van der Waals surface area contributed by atoms with Gasteiger partial charge in [-0.3, -0.25) is 43.4 Å². The molecule has 6 aliphatic carbocycles. The number of primary amides is 2. The number of aliphatic hydroxyl groups excluding tert-OH is 4. The highest BCUT2D eigenvalue weighted by Gasteiger charge is 2.66. The van der Waals surface area contributed by atoms with Crippen molar-refractivity contribution in [3.05, 3.63) is 101 Å². The largest absolute Gasteiger partial charge is 0.519 e. The summed E-state index contributed by atoms with van der Waals surface area (Å²) < 4.78 is 25.8. The maximum atomic E-state index is 14.4. The van der Waals surface area contributed by atoms with Gasteiger partial charge in [0.1, 0.15) is 45.7 Å². The number of phenolic OH excluding ortho intramolecular Hbond substituents is 2. The van der Waals surface area contributed by atoms with Crippen molar-refractivity contribution in [2.75, 3.05) is 86.1 Å². The molecule has 2 saturated carbocycles. The first-order valence-corrected chi connectivity index (χ1v) is 36.7. The molecule has 109 heavy (non-hydrogen) atoms. The molecule has 2 aromatic carbocycles. The number of aromatic hydroxyl groups is 2. The Morgan fingerprint density at radius 2 is 0.945 bits per heavy atom. The third kappa shape index (κ3) is 17.2. The molecule has 9 rings (SSSR count). The average molecular weight is 1530 g/mol. The number of ketones is 4. The minimum absolute atomic E-state index is 0.0331. The number of ether oxygens (including phenoxy) is 3. The number of carbonyl (C=O) groups is 9. The van der Waals surface area contributed by atoms with Gasteiger partial charge in [-0.05, 0) is 113 Å². The Labute approximate surface area is 633 Å². The van der Waals surface area contributed by atoms with Crippen LogP contribution in [0, 0.1) is 41.4 Å². The fourth-order valence-corrected chi connectivity index (χ4v) is 16.3. The van der Waals surface area contributed by atoms with Gasteiger partial charge in [-0.2, -0.15) is 0 Å². The molecule has 0 bridgehead atoms. The Balaban J connectivity index is 0.000000276. The number of amides is 4. The van der Waals surface area contributed by atoms with Crippen molar-refractivity contribution >= 4 is 76.0 Å². The number of unbranched alkanes of at least 4 members (excludes halogenated alkanes) is 8. The maximum absolute atomic E-state index is 14.4. The van der Waals surface area contributed by atoms with Crippen molar-refractivity contribution in [3.8, 4) is 11.5 Å². The van der Waals surface area contributed by atoms with Gasteiger partial charge < -0.3 is 95.0 Å². The third-order valence-corrected chi connectivity index (χ3v) is 21.1. The molecular formula is C78H108N8O23. The monoisotopic (exact) mass is 1520 g/mol. The number of nitrogens with two attached hydrogens (primary N) is 2. The van der Waals surface area contributed by atoms with E-state index < -0.39 is 176 Å². The fraction of sp³-hybridized carbons (Fsp3) is 0.590. The van der Waals surface area contributed by atoms with Crippen LogP contribution < -0.4 is 27.1 Å². The van der Waals surface area contributed by atoms with Crippen LogP contribution in [-0.2, 0) is 80.3 Å². The molecule has 3 aromatic rings. The fourth-order valence-electron chi connectivity index (χ4n) is 16.3. The van der Waals surface area contributed by atoms with E-state index in [0.29, 0.717) is 28.9 Å². The molecule has 12 N–H and O–H groups in total. The number of fused-ring (bicyclic) bond motifs is 6. The summed E-state index contributed by atoms with van der Waals surface area (Å²) in [6, 6.07) is 0.949. The zero-order valence-electron chi connectivity index (χ0n) is 65.3. The number of Topliss-reactive ketones (excluding diaryl/α,β-unsaturated/α-hetero) is 4. The quantitative estimate of drug-likeness (QED) is 0.0161. The van der Waals surface area contributed by atoms with E-state index in [0.717, 1.165) is 19.3 Å². The highest BCUT2D eigenvalue weighted by molar-refractivity contribution is 6.26. The standard InChI is InChI=1S/C43H64N4O11.C35H44N4O12/c1-9-10-11-12-13-14-15-16-17-18-30(48)57-24-58-41(55)47(23-42(2,3)4)22-26-21-29(45(5)6)27-19-25-20-28-34(46(7)8)37(51)33(40(44)54)39(53)43(28,56)38(52)31(25)36(50)32(27)35(26)49;1-15-21(51-33(47)50-15)13-49-32(46)39(14-34(2,3)4)12-17-11-20(37(5)6)18-9-16-10-19-25(38(7)8)28(42)24(31(36)45)30(44)35(19,48)29(43)22(16)27(41)23(18)26(17)40/h21,25,28,34,49-50,53,56H,9-20,22-24H2,1-8H3,(H2,44,54);11,16,19,25,40-41,44,48H,9-10,12-14H2,1-8H3,(H2,36,45)/t25-,28-,34-,43-;16-,19-,25-,35-/m00/s1. The predicted molar refractivity (Wildman–Crippen MR) is 398 cm³/mol. The van der Waals surface area contributed by atoms with Crippen LogP contribution in [0.15, 0.2) is 59.6 Å². The first kappa shape index (κ1) is 84.9. The molecule has 0 saturated heterocycles. The van der Waals surface area contributed by atoms with Crippen LogP contribution in [0.3, 0.4) is 0 Å². The van der Waals surface area contributed by atoms with Crippen LogP contribution in [-0.4, -0.2) is 213 Å². The SMILES string of the molecule is CCCCCCCCCCCC(=O)OCOC(=O)N(Cc1cc(N(C)C)c2c(c1O)C(O)=C1C(=O)[C@]3(O)C(O)=C(C(N)=O)C(=O)[C@@H](N(C)C)[C@@H]3C[C@@H]1C2)CC(C)(C)C.Cc1oc(=O)oc1COC(=O)N(Cc1cc(N(C)C)c2c(c1O)C(O)=C1C(=O)[C@]3(O)C(O)=C(C(N)=O)C(=O)[C@@H](N(C)C)[C@@H]3C[C@@H]1C2)CC(C)(C)C. The first-order chi connectivity index (χ1) is 50.8. The molecule has 598 valence electrons. The number of aliphatic hydroxyl groups is 6. The molecule has 6 aliphatic rings. The van der Waals surface area contributed by atoms with Crippen LogP contribution in [0.4, 0.5) is 21.0 Å². The van der Waals surface area contributed by atoms with E-state index >= 15 is 0 Å². The van der Waals surface area contributed by atoms with Crippen LogP contribution in [0.25, 0.3) is 11.5 Å². The maximum Gasteiger partial charge on any atom is 0.519 e. The second kappa shape index (κ2) is 33.2. The number of aryl methyl sites for hydroxylation is 1. The molecule has 1 aromatic heterocycles. The second-order valence-electron chi connectivity index (χ2n) is 32.7. The van der Waals surface area contributed by atoms with E-state index in [4.69, 9.17) is 34.5 Å². The minimum Gasteiger partial charge on any atom is -0.508 e. The molecular weight excluding hydrogens is 1420 g/mol. The molecule has 2 fully saturated rings. The van der Waals surface area contributed by atoms with Gasteiger partial charge in [-0.15, -0.1) is 0 Å². The van der Waals surface area contributed by atoms with Gasteiger partial charge in [0, 0.05) is 93.2 Å². The van der Waals surface area contributed by atoms with E-state index in [9.17, 15) is 88.8 Å². The van der Waals surface area contributed by atoms with Gasteiger partial charge >= 0.3 is 24.0 Å². The van der Waals surface area contributed by atoms with Crippen molar-refractivity contribution in [1.29, 1.82) is 0 Å². The zero-order chi connectivity index (χ0) is 81.3. The number of anilines is 2. The van der Waals surface area contributed by atoms with Gasteiger partial charge in [0.15, 0.2) is 40.9 Å². The van der Waals surface area contributed by atoms with Crippen LogP contribution in [0.1, 0.15) is 170 Å². The Hall–Kier alpha value is -9.72. The van der Waals surface area contributed by atoms with E-state index in [1.165, 1.54) is 72.7 Å². The lowest BCUT2D eigenvalue weighted by molar-refractivity contribution is -0.155. The molecule has 0 spiro atoms. The predicted octanol–water partition coefficient (Wildman–Crippen LogP) is 7.51. The van der Waals surface area contributed by atoms with Gasteiger partial charge in [0.25, 0.3) is 11.8 Å². The van der Waals surface area contributed by atoms with Crippen LogP contribution >= 0.6 is 0 Å². The van der Waals surface area contributed by atoms with Crippen molar-refractivity contribution in [2.45, 2.75) is 188 Å². The molecule has 31 nitrogen and oxygen atoms in total. The molecule has 0 radical (unpaired) electrons. The lowest BCUT2D eigenvalue weighted by Crippen LogP contribution is -2.65. The van der Waals surface area contributed by atoms with Crippen LogP contribution in [0.2, 0.25) is 0 Å².